The summed E-state index contributed by atoms with van der Waals surface area (Å²) < 4.78 is 25.5. The van der Waals surface area contributed by atoms with Crippen molar-refractivity contribution in [2.75, 3.05) is 5.32 Å². The highest BCUT2D eigenvalue weighted by Gasteiger charge is 2.02. The van der Waals surface area contributed by atoms with Crippen molar-refractivity contribution >= 4 is 11.6 Å². The van der Waals surface area contributed by atoms with Gasteiger partial charge in [-0.1, -0.05) is 18.2 Å². The molecule has 16 heavy (non-hydrogen) atoms. The van der Waals surface area contributed by atoms with Crippen molar-refractivity contribution in [2.45, 2.75) is 6.92 Å². The van der Waals surface area contributed by atoms with Crippen LogP contribution < -0.4 is 5.32 Å². The van der Waals surface area contributed by atoms with E-state index in [0.29, 0.717) is 0 Å². The van der Waals surface area contributed by atoms with Crippen LogP contribution in [0.1, 0.15) is 6.92 Å². The molecule has 1 aromatic rings. The third-order valence-electron chi connectivity index (χ3n) is 1.68. The highest BCUT2D eigenvalue weighted by Crippen LogP contribution is 2.12. The van der Waals surface area contributed by atoms with Crippen molar-refractivity contribution in [2.24, 2.45) is 0 Å². The molecule has 0 saturated heterocycles. The van der Waals surface area contributed by atoms with Gasteiger partial charge in [0.05, 0.1) is 0 Å². The highest BCUT2D eigenvalue weighted by atomic mass is 19.1. The van der Waals surface area contributed by atoms with Gasteiger partial charge in [-0.2, -0.15) is 0 Å². The van der Waals surface area contributed by atoms with E-state index >= 15 is 0 Å². The number of anilines is 1. The smallest absolute Gasteiger partial charge is 0.248 e. The van der Waals surface area contributed by atoms with Gasteiger partial charge in [0, 0.05) is 17.8 Å². The van der Waals surface area contributed by atoms with Gasteiger partial charge in [-0.15, -0.1) is 0 Å². The van der Waals surface area contributed by atoms with Crippen LogP contribution in [0.2, 0.25) is 0 Å². The topological polar surface area (TPSA) is 29.1 Å². The van der Waals surface area contributed by atoms with Crippen LogP contribution in [0.4, 0.5) is 14.5 Å². The zero-order valence-electron chi connectivity index (χ0n) is 8.71. The van der Waals surface area contributed by atoms with Gasteiger partial charge in [0.25, 0.3) is 0 Å². The monoisotopic (exact) mass is 223 g/mol. The zero-order chi connectivity index (χ0) is 12.0. The van der Waals surface area contributed by atoms with E-state index in [0.717, 1.165) is 18.2 Å². The fourth-order valence-corrected chi connectivity index (χ4v) is 1.06. The average Bonchev–Trinajstić information content (AvgIpc) is 2.16. The summed E-state index contributed by atoms with van der Waals surface area (Å²) in [6.45, 7) is 1.81. The van der Waals surface area contributed by atoms with E-state index in [1.165, 1.54) is 12.2 Å². The second-order valence-corrected chi connectivity index (χ2v) is 3.03. The summed E-state index contributed by atoms with van der Waals surface area (Å²) in [4.78, 5) is 11.2. The fourth-order valence-electron chi connectivity index (χ4n) is 1.06. The Hall–Kier alpha value is -1.97. The van der Waals surface area contributed by atoms with E-state index in [9.17, 15) is 13.6 Å². The standard InChI is InChI=1S/C12H11F2NO/c1-2-3-4-5-12(16)15-11-7-9(13)6-10(14)8-11/h2-8H,1H3,(H,15,16)/b3-2+,5-4+. The lowest BCUT2D eigenvalue weighted by Gasteiger charge is -2.01. The maximum Gasteiger partial charge on any atom is 0.248 e. The van der Waals surface area contributed by atoms with Gasteiger partial charge in [-0.25, -0.2) is 8.78 Å². The number of halogens is 2. The Labute approximate surface area is 92.3 Å². The quantitative estimate of drug-likeness (QED) is 0.619. The molecular weight excluding hydrogens is 212 g/mol. The fraction of sp³-hybridized carbons (Fsp3) is 0.0833. The highest BCUT2D eigenvalue weighted by molar-refractivity contribution is 5.99. The summed E-state index contributed by atoms with van der Waals surface area (Å²) in [7, 11) is 0. The molecule has 0 heterocycles. The largest absolute Gasteiger partial charge is 0.322 e. The molecule has 0 unspecified atom stereocenters. The summed E-state index contributed by atoms with van der Waals surface area (Å²) in [5.41, 5.74) is 0.0904. The molecule has 1 aromatic carbocycles. The number of hydrogen-bond acceptors (Lipinski definition) is 1. The van der Waals surface area contributed by atoms with Crippen molar-refractivity contribution in [1.82, 2.24) is 0 Å². The second-order valence-electron chi connectivity index (χ2n) is 3.03. The normalized spacial score (nSPS) is 11.2. The van der Waals surface area contributed by atoms with Crippen LogP contribution in [0.15, 0.2) is 42.5 Å². The van der Waals surface area contributed by atoms with Crippen molar-refractivity contribution in [3.63, 3.8) is 0 Å². The molecular formula is C12H11F2NO. The summed E-state index contributed by atoms with van der Waals surface area (Å²) in [6, 6.07) is 2.83. The summed E-state index contributed by atoms with van der Waals surface area (Å²) in [5, 5.41) is 2.34. The molecule has 0 aliphatic rings. The maximum atomic E-state index is 12.8. The first-order valence-electron chi connectivity index (χ1n) is 4.68. The first-order valence-corrected chi connectivity index (χ1v) is 4.68. The number of hydrogen-bond donors (Lipinski definition) is 1. The van der Waals surface area contributed by atoms with Crippen LogP contribution in [0.25, 0.3) is 0 Å². The van der Waals surface area contributed by atoms with Gasteiger partial charge >= 0.3 is 0 Å². The second kappa shape index (κ2) is 5.80. The Morgan fingerprint density at radius 1 is 1.19 bits per heavy atom. The van der Waals surface area contributed by atoms with Crippen LogP contribution in [0.5, 0.6) is 0 Å². The lowest BCUT2D eigenvalue weighted by atomic mass is 10.3. The van der Waals surface area contributed by atoms with E-state index in [-0.39, 0.29) is 5.69 Å². The number of carbonyl (C=O) groups is 1. The van der Waals surface area contributed by atoms with Crippen molar-refractivity contribution in [3.05, 3.63) is 54.1 Å². The molecule has 0 bridgehead atoms. The molecule has 0 fully saturated rings. The number of amides is 1. The molecule has 1 rings (SSSR count). The Balaban J connectivity index is 2.69. The van der Waals surface area contributed by atoms with E-state index in [4.69, 9.17) is 0 Å². The predicted octanol–water partition coefficient (Wildman–Crippen LogP) is 3.04. The molecule has 4 heteroatoms. The maximum absolute atomic E-state index is 12.8. The van der Waals surface area contributed by atoms with Crippen LogP contribution in [-0.4, -0.2) is 5.91 Å². The molecule has 0 aromatic heterocycles. The van der Waals surface area contributed by atoms with Gasteiger partial charge in [0.15, 0.2) is 0 Å². The first kappa shape index (κ1) is 12.1. The van der Waals surface area contributed by atoms with Crippen LogP contribution in [-0.2, 0) is 4.79 Å². The molecule has 1 N–H and O–H groups in total. The van der Waals surface area contributed by atoms with Gasteiger partial charge in [0.1, 0.15) is 11.6 Å². The molecule has 84 valence electrons. The van der Waals surface area contributed by atoms with E-state index in [2.05, 4.69) is 5.32 Å². The number of nitrogens with one attached hydrogen (secondary N) is 1. The van der Waals surface area contributed by atoms with E-state index in [1.54, 1.807) is 12.2 Å². The number of allylic oxidation sites excluding steroid dienone is 3. The summed E-state index contributed by atoms with van der Waals surface area (Å²) in [5.74, 6) is -1.90. The minimum atomic E-state index is -0.729. The number of carbonyl (C=O) groups excluding carboxylic acids is 1. The predicted molar refractivity (Wildman–Crippen MR) is 58.9 cm³/mol. The third-order valence-corrected chi connectivity index (χ3v) is 1.68. The zero-order valence-corrected chi connectivity index (χ0v) is 8.71. The lowest BCUT2D eigenvalue weighted by molar-refractivity contribution is -0.111. The van der Waals surface area contributed by atoms with Gasteiger partial charge < -0.3 is 5.32 Å². The third kappa shape index (κ3) is 4.04. The summed E-state index contributed by atoms with van der Waals surface area (Å²) >= 11 is 0. The van der Waals surface area contributed by atoms with Crippen molar-refractivity contribution in [3.8, 4) is 0 Å². The van der Waals surface area contributed by atoms with Crippen LogP contribution in [0.3, 0.4) is 0 Å². The van der Waals surface area contributed by atoms with Gasteiger partial charge in [-0.3, -0.25) is 4.79 Å². The Morgan fingerprint density at radius 2 is 1.81 bits per heavy atom. The van der Waals surface area contributed by atoms with E-state index < -0.39 is 17.5 Å². The van der Waals surface area contributed by atoms with Crippen molar-refractivity contribution < 1.29 is 13.6 Å². The minimum Gasteiger partial charge on any atom is -0.322 e. The molecule has 0 radical (unpaired) electrons. The first-order chi connectivity index (χ1) is 7.61. The summed E-state index contributed by atoms with van der Waals surface area (Å²) in [6.07, 6.45) is 6.23. The van der Waals surface area contributed by atoms with Gasteiger partial charge in [-0.05, 0) is 19.1 Å². The molecule has 0 saturated carbocycles. The molecule has 0 aliphatic heterocycles. The number of benzene rings is 1. The Morgan fingerprint density at radius 3 is 2.38 bits per heavy atom. The lowest BCUT2D eigenvalue weighted by Crippen LogP contribution is -2.08. The van der Waals surface area contributed by atoms with Gasteiger partial charge in [0.2, 0.25) is 5.91 Å². The van der Waals surface area contributed by atoms with Crippen LogP contribution in [0, 0.1) is 11.6 Å². The Bertz CT molecular complexity index is 418. The molecule has 0 spiro atoms. The molecule has 0 aliphatic carbocycles. The molecule has 0 atom stereocenters. The molecule has 1 amide bonds. The Kier molecular flexibility index (Phi) is 4.39. The molecule has 2 nitrogen and oxygen atoms in total. The SMILES string of the molecule is C/C=C/C=C/C(=O)Nc1cc(F)cc(F)c1. The number of rotatable bonds is 3. The average molecular weight is 223 g/mol. The van der Waals surface area contributed by atoms with Crippen molar-refractivity contribution in [1.29, 1.82) is 0 Å². The van der Waals surface area contributed by atoms with Crippen LogP contribution >= 0.6 is 0 Å². The minimum absolute atomic E-state index is 0.0904. The van der Waals surface area contributed by atoms with E-state index in [1.807, 2.05) is 6.92 Å².